The Morgan fingerprint density at radius 1 is 1.14 bits per heavy atom. The number of aromatic nitrogens is 2. The monoisotopic (exact) mass is 388 g/mol. The zero-order chi connectivity index (χ0) is 20.5. The van der Waals surface area contributed by atoms with Crippen molar-refractivity contribution in [1.29, 1.82) is 0 Å². The predicted octanol–water partition coefficient (Wildman–Crippen LogP) is 1.18. The van der Waals surface area contributed by atoms with Crippen LogP contribution in [0, 0.1) is 0 Å². The number of carbonyl (C=O) groups excluding carboxylic acids is 2. The maximum atomic E-state index is 12.2. The highest BCUT2D eigenvalue weighted by Crippen LogP contribution is 2.27. The van der Waals surface area contributed by atoms with Crippen LogP contribution in [0.5, 0.6) is 11.5 Å². The van der Waals surface area contributed by atoms with Crippen molar-refractivity contribution in [2.24, 2.45) is 0 Å². The third-order valence-corrected chi connectivity index (χ3v) is 3.85. The predicted molar refractivity (Wildman–Crippen MR) is 102 cm³/mol. The smallest absolute Gasteiger partial charge is 0.326 e. The number of benzene rings is 1. The highest BCUT2D eigenvalue weighted by Gasteiger charge is 2.19. The lowest BCUT2D eigenvalue weighted by molar-refractivity contribution is -0.153. The number of methoxy groups -OCH3 is 2. The third-order valence-electron chi connectivity index (χ3n) is 3.85. The quantitative estimate of drug-likeness (QED) is 0.639. The molecular formula is C19H24N4O5. The first-order valence-electron chi connectivity index (χ1n) is 8.60. The van der Waals surface area contributed by atoms with Gasteiger partial charge in [-0.15, -0.1) is 0 Å². The van der Waals surface area contributed by atoms with Crippen LogP contribution in [0.15, 0.2) is 36.7 Å². The van der Waals surface area contributed by atoms with Crippen LogP contribution in [-0.2, 0) is 20.9 Å². The van der Waals surface area contributed by atoms with Crippen LogP contribution >= 0.6 is 0 Å². The molecule has 1 heterocycles. The average molecular weight is 388 g/mol. The Morgan fingerprint density at radius 2 is 1.82 bits per heavy atom. The summed E-state index contributed by atoms with van der Waals surface area (Å²) in [6, 6.07) is 7.02. The van der Waals surface area contributed by atoms with Crippen molar-refractivity contribution in [3.05, 3.63) is 42.2 Å². The number of carbonyl (C=O) groups is 2. The van der Waals surface area contributed by atoms with Gasteiger partial charge < -0.3 is 24.4 Å². The molecule has 0 saturated carbocycles. The topological polar surface area (TPSA) is 103 Å². The van der Waals surface area contributed by atoms with Crippen molar-refractivity contribution in [2.75, 3.05) is 32.7 Å². The minimum atomic E-state index is -0.933. The number of rotatable bonds is 9. The Morgan fingerprint density at radius 3 is 2.46 bits per heavy atom. The summed E-state index contributed by atoms with van der Waals surface area (Å²) < 4.78 is 15.6. The summed E-state index contributed by atoms with van der Waals surface area (Å²) in [5, 5.41) is 2.73. The van der Waals surface area contributed by atoms with E-state index >= 15 is 0 Å². The largest absolute Gasteiger partial charge is 0.493 e. The molecule has 0 radical (unpaired) electrons. The van der Waals surface area contributed by atoms with Crippen LogP contribution in [-0.4, -0.2) is 55.8 Å². The second-order valence-electron chi connectivity index (χ2n) is 5.94. The first-order chi connectivity index (χ1) is 13.4. The van der Waals surface area contributed by atoms with Gasteiger partial charge in [-0.1, -0.05) is 6.07 Å². The Balaban J connectivity index is 1.83. The molecule has 0 aliphatic carbocycles. The number of anilines is 1. The lowest BCUT2D eigenvalue weighted by Crippen LogP contribution is -2.38. The molecule has 1 aromatic heterocycles. The summed E-state index contributed by atoms with van der Waals surface area (Å²) in [5.41, 5.74) is 0.825. The van der Waals surface area contributed by atoms with Crippen LogP contribution in [0.25, 0.3) is 0 Å². The van der Waals surface area contributed by atoms with Gasteiger partial charge in [0.2, 0.25) is 5.95 Å². The maximum Gasteiger partial charge on any atom is 0.326 e. The average Bonchev–Trinajstić information content (AvgIpc) is 2.72. The normalized spacial score (nSPS) is 11.3. The van der Waals surface area contributed by atoms with Gasteiger partial charge in [-0.05, 0) is 30.7 Å². The number of esters is 1. The number of ether oxygens (including phenoxy) is 3. The molecule has 0 aliphatic heterocycles. The number of hydrogen-bond acceptors (Lipinski definition) is 8. The fourth-order valence-electron chi connectivity index (χ4n) is 2.36. The molecule has 0 spiro atoms. The molecule has 1 N–H and O–H groups in total. The number of amides is 1. The van der Waals surface area contributed by atoms with Crippen molar-refractivity contribution in [3.8, 4) is 11.5 Å². The molecule has 28 heavy (non-hydrogen) atoms. The van der Waals surface area contributed by atoms with Crippen LogP contribution in [0.2, 0.25) is 0 Å². The zero-order valence-corrected chi connectivity index (χ0v) is 16.3. The highest BCUT2D eigenvalue weighted by molar-refractivity contribution is 5.84. The van der Waals surface area contributed by atoms with Crippen LogP contribution < -0.4 is 19.7 Å². The molecule has 9 nitrogen and oxygen atoms in total. The standard InChI is InChI=1S/C19H24N4O5/c1-13(28-17(24)12-23(2)19-20-8-5-9-21-19)18(25)22-11-14-6-7-15(26-3)16(10-14)27-4/h5-10,13H,11-12H2,1-4H3,(H,22,25). The van der Waals surface area contributed by atoms with Gasteiger partial charge in [0.05, 0.1) is 14.2 Å². The lowest BCUT2D eigenvalue weighted by Gasteiger charge is -2.18. The molecule has 1 unspecified atom stereocenters. The van der Waals surface area contributed by atoms with Gasteiger partial charge in [0, 0.05) is 26.0 Å². The molecule has 1 aromatic carbocycles. The van der Waals surface area contributed by atoms with Crippen molar-refractivity contribution in [3.63, 3.8) is 0 Å². The fourth-order valence-corrected chi connectivity index (χ4v) is 2.36. The highest BCUT2D eigenvalue weighted by atomic mass is 16.5. The van der Waals surface area contributed by atoms with Gasteiger partial charge in [-0.25, -0.2) is 9.97 Å². The Labute approximate surface area is 163 Å². The number of hydrogen-bond donors (Lipinski definition) is 1. The van der Waals surface area contributed by atoms with Gasteiger partial charge in [0.15, 0.2) is 17.6 Å². The van der Waals surface area contributed by atoms with E-state index in [1.54, 1.807) is 51.9 Å². The summed E-state index contributed by atoms with van der Waals surface area (Å²) in [5.74, 6) is 0.613. The third kappa shape index (κ3) is 5.83. The zero-order valence-electron chi connectivity index (χ0n) is 16.3. The number of likely N-dealkylation sites (N-methyl/N-ethyl adjacent to an activating group) is 1. The van der Waals surface area contributed by atoms with Crippen LogP contribution in [0.1, 0.15) is 12.5 Å². The van der Waals surface area contributed by atoms with Gasteiger partial charge in [-0.2, -0.15) is 0 Å². The van der Waals surface area contributed by atoms with E-state index in [2.05, 4.69) is 15.3 Å². The van der Waals surface area contributed by atoms with Gasteiger partial charge in [0.1, 0.15) is 6.54 Å². The fraction of sp³-hybridized carbons (Fsp3) is 0.368. The summed E-state index contributed by atoms with van der Waals surface area (Å²) in [7, 11) is 4.76. The molecule has 9 heteroatoms. The van der Waals surface area contributed by atoms with E-state index in [4.69, 9.17) is 14.2 Å². The summed E-state index contributed by atoms with van der Waals surface area (Å²) >= 11 is 0. The summed E-state index contributed by atoms with van der Waals surface area (Å²) in [6.45, 7) is 1.71. The number of nitrogens with one attached hydrogen (secondary N) is 1. The van der Waals surface area contributed by atoms with E-state index in [1.165, 1.54) is 11.8 Å². The van der Waals surface area contributed by atoms with Gasteiger partial charge in [-0.3, -0.25) is 9.59 Å². The molecule has 150 valence electrons. The first-order valence-corrected chi connectivity index (χ1v) is 8.60. The minimum absolute atomic E-state index is 0.0721. The molecule has 2 rings (SSSR count). The van der Waals surface area contributed by atoms with Crippen molar-refractivity contribution in [1.82, 2.24) is 15.3 Å². The van der Waals surface area contributed by atoms with Crippen LogP contribution in [0.4, 0.5) is 5.95 Å². The van der Waals surface area contributed by atoms with Gasteiger partial charge in [0.25, 0.3) is 5.91 Å². The van der Waals surface area contributed by atoms with Gasteiger partial charge >= 0.3 is 5.97 Å². The summed E-state index contributed by atoms with van der Waals surface area (Å²) in [4.78, 5) is 33.9. The van der Waals surface area contributed by atoms with E-state index in [9.17, 15) is 9.59 Å². The van der Waals surface area contributed by atoms with Crippen LogP contribution in [0.3, 0.4) is 0 Å². The Kier molecular flexibility index (Phi) is 7.55. The van der Waals surface area contributed by atoms with E-state index in [1.807, 2.05) is 6.07 Å². The Bertz CT molecular complexity index is 800. The molecule has 0 bridgehead atoms. The van der Waals surface area contributed by atoms with E-state index < -0.39 is 18.0 Å². The lowest BCUT2D eigenvalue weighted by atomic mass is 10.2. The van der Waals surface area contributed by atoms with Crippen molar-refractivity contribution >= 4 is 17.8 Å². The summed E-state index contributed by atoms with van der Waals surface area (Å²) in [6.07, 6.45) is 2.22. The molecule has 0 fully saturated rings. The molecule has 2 aromatic rings. The van der Waals surface area contributed by atoms with E-state index in [0.717, 1.165) is 5.56 Å². The minimum Gasteiger partial charge on any atom is -0.493 e. The van der Waals surface area contributed by atoms with E-state index in [-0.39, 0.29) is 13.1 Å². The molecular weight excluding hydrogens is 364 g/mol. The number of nitrogens with zero attached hydrogens (tertiary/aromatic N) is 3. The Hall–Kier alpha value is -3.36. The molecule has 0 aliphatic rings. The van der Waals surface area contributed by atoms with Crippen molar-refractivity contribution in [2.45, 2.75) is 19.6 Å². The molecule has 1 atom stereocenters. The second-order valence-corrected chi connectivity index (χ2v) is 5.94. The first kappa shape index (κ1) is 20.9. The second kappa shape index (κ2) is 10.1. The SMILES string of the molecule is COc1ccc(CNC(=O)C(C)OC(=O)CN(C)c2ncccn2)cc1OC. The molecule has 1 amide bonds. The maximum absolute atomic E-state index is 12.2. The van der Waals surface area contributed by atoms with E-state index in [0.29, 0.717) is 17.4 Å². The van der Waals surface area contributed by atoms with Crippen molar-refractivity contribution < 1.29 is 23.8 Å². The molecule has 0 saturated heterocycles.